The van der Waals surface area contributed by atoms with Crippen LogP contribution in [0.4, 0.5) is 4.39 Å². The zero-order valence-electron chi connectivity index (χ0n) is 11.6. The number of aryl methyl sites for hydroxylation is 1. The van der Waals surface area contributed by atoms with E-state index in [2.05, 4.69) is 20.9 Å². The first-order valence-corrected chi connectivity index (χ1v) is 8.90. The summed E-state index contributed by atoms with van der Waals surface area (Å²) >= 11 is 3.31. The van der Waals surface area contributed by atoms with Crippen LogP contribution < -0.4 is 0 Å². The van der Waals surface area contributed by atoms with E-state index >= 15 is 0 Å². The number of halogens is 2. The summed E-state index contributed by atoms with van der Waals surface area (Å²) in [4.78, 5) is 4.14. The number of aromatic nitrogens is 2. The molecule has 0 aliphatic heterocycles. The molecule has 0 aliphatic rings. The molecule has 1 aromatic heterocycles. The van der Waals surface area contributed by atoms with Crippen molar-refractivity contribution in [3.8, 4) is 0 Å². The average molecular weight is 383 g/mol. The maximum Gasteiger partial charge on any atom is 0.228 e. The van der Waals surface area contributed by atoms with Crippen LogP contribution in [0.25, 0.3) is 11.0 Å². The van der Waals surface area contributed by atoms with E-state index < -0.39 is 15.7 Å². The summed E-state index contributed by atoms with van der Waals surface area (Å²) in [5.74, 6) is -0.577. The molecule has 4 nitrogen and oxygen atoms in total. The third kappa shape index (κ3) is 2.78. The van der Waals surface area contributed by atoms with Crippen molar-refractivity contribution in [1.82, 2.24) is 9.55 Å². The summed E-state index contributed by atoms with van der Waals surface area (Å²) in [5, 5.41) is -0.0592. The van der Waals surface area contributed by atoms with Crippen molar-refractivity contribution >= 4 is 36.8 Å². The Balaban J connectivity index is 2.05. The standard InChI is InChI=1S/C15H12BrFN2O2S/c1-19-14-8-12(17)6-7-13(14)18-15(19)22(20,21)9-10-2-4-11(16)5-3-10/h2-8H,9H2,1H3. The largest absolute Gasteiger partial charge is 0.318 e. The van der Waals surface area contributed by atoms with Gasteiger partial charge in [-0.3, -0.25) is 0 Å². The van der Waals surface area contributed by atoms with Crippen molar-refractivity contribution in [3.05, 3.63) is 58.3 Å². The second kappa shape index (κ2) is 5.48. The van der Waals surface area contributed by atoms with Crippen LogP contribution in [0.15, 0.2) is 52.1 Å². The Labute approximate surface area is 135 Å². The van der Waals surface area contributed by atoms with Gasteiger partial charge in [-0.15, -0.1) is 0 Å². The third-order valence-electron chi connectivity index (χ3n) is 3.35. The lowest BCUT2D eigenvalue weighted by Crippen LogP contribution is -2.11. The minimum Gasteiger partial charge on any atom is -0.318 e. The highest BCUT2D eigenvalue weighted by Gasteiger charge is 2.23. The van der Waals surface area contributed by atoms with Gasteiger partial charge in [-0.2, -0.15) is 0 Å². The number of sulfone groups is 1. The van der Waals surface area contributed by atoms with Gasteiger partial charge < -0.3 is 4.57 Å². The Hall–Kier alpha value is -1.73. The lowest BCUT2D eigenvalue weighted by Gasteiger charge is -2.05. The first-order valence-electron chi connectivity index (χ1n) is 6.46. The van der Waals surface area contributed by atoms with Crippen molar-refractivity contribution in [2.45, 2.75) is 10.9 Å². The van der Waals surface area contributed by atoms with Crippen LogP contribution in [0.2, 0.25) is 0 Å². The third-order valence-corrected chi connectivity index (χ3v) is 5.51. The molecule has 0 atom stereocenters. The van der Waals surface area contributed by atoms with Crippen LogP contribution in [-0.4, -0.2) is 18.0 Å². The monoisotopic (exact) mass is 382 g/mol. The topological polar surface area (TPSA) is 52.0 Å². The zero-order chi connectivity index (χ0) is 15.9. The fourth-order valence-electron chi connectivity index (χ4n) is 2.28. The predicted octanol–water partition coefficient (Wildman–Crippen LogP) is 3.45. The smallest absolute Gasteiger partial charge is 0.228 e. The quantitative estimate of drug-likeness (QED) is 0.696. The van der Waals surface area contributed by atoms with Gasteiger partial charge in [0.15, 0.2) is 0 Å². The van der Waals surface area contributed by atoms with E-state index in [1.54, 1.807) is 31.3 Å². The fraction of sp³-hybridized carbons (Fsp3) is 0.133. The van der Waals surface area contributed by atoms with Gasteiger partial charge in [0.1, 0.15) is 5.82 Å². The minimum absolute atomic E-state index is 0.0592. The molecule has 0 fully saturated rings. The molecule has 7 heteroatoms. The lowest BCUT2D eigenvalue weighted by molar-refractivity contribution is 0.579. The van der Waals surface area contributed by atoms with Crippen LogP contribution in [0, 0.1) is 5.82 Å². The van der Waals surface area contributed by atoms with Crippen molar-refractivity contribution < 1.29 is 12.8 Å². The van der Waals surface area contributed by atoms with Crippen molar-refractivity contribution in [1.29, 1.82) is 0 Å². The van der Waals surface area contributed by atoms with E-state index in [0.717, 1.165) is 4.47 Å². The van der Waals surface area contributed by atoms with Crippen LogP contribution >= 0.6 is 15.9 Å². The number of benzene rings is 2. The Bertz CT molecular complexity index is 950. The molecule has 0 N–H and O–H groups in total. The summed E-state index contributed by atoms with van der Waals surface area (Å²) in [6.07, 6.45) is 0. The van der Waals surface area contributed by atoms with E-state index in [9.17, 15) is 12.8 Å². The van der Waals surface area contributed by atoms with Crippen LogP contribution in [0.3, 0.4) is 0 Å². The van der Waals surface area contributed by atoms with Gasteiger partial charge in [0.25, 0.3) is 0 Å². The molecule has 0 radical (unpaired) electrons. The molecule has 0 saturated carbocycles. The summed E-state index contributed by atoms with van der Waals surface area (Å²) in [5.41, 5.74) is 1.58. The molecule has 0 spiro atoms. The molecule has 22 heavy (non-hydrogen) atoms. The molecule has 2 aromatic carbocycles. The number of imidazole rings is 1. The van der Waals surface area contributed by atoms with Crippen molar-refractivity contribution in [3.63, 3.8) is 0 Å². The van der Waals surface area contributed by atoms with Gasteiger partial charge in [0, 0.05) is 11.5 Å². The number of fused-ring (bicyclic) bond motifs is 1. The molecule has 0 saturated heterocycles. The second-order valence-corrected chi connectivity index (χ2v) is 7.77. The van der Waals surface area contributed by atoms with Crippen LogP contribution in [0.1, 0.15) is 5.56 Å². The normalized spacial score (nSPS) is 12.0. The van der Waals surface area contributed by atoms with Gasteiger partial charge in [-0.1, -0.05) is 28.1 Å². The molecule has 3 rings (SSSR count). The maximum atomic E-state index is 13.3. The summed E-state index contributed by atoms with van der Waals surface area (Å²) in [7, 11) is -2.04. The van der Waals surface area contributed by atoms with Crippen molar-refractivity contribution in [2.75, 3.05) is 0 Å². The lowest BCUT2D eigenvalue weighted by atomic mass is 10.2. The van der Waals surface area contributed by atoms with Crippen molar-refractivity contribution in [2.24, 2.45) is 7.05 Å². The highest BCUT2D eigenvalue weighted by atomic mass is 79.9. The Morgan fingerprint density at radius 3 is 2.55 bits per heavy atom. The number of rotatable bonds is 3. The molecule has 3 aromatic rings. The molecule has 114 valence electrons. The van der Waals surface area contributed by atoms with Crippen LogP contribution in [0.5, 0.6) is 0 Å². The molecule has 0 amide bonds. The molecular weight excluding hydrogens is 371 g/mol. The minimum atomic E-state index is -3.62. The molecule has 0 aliphatic carbocycles. The Morgan fingerprint density at radius 2 is 1.86 bits per heavy atom. The predicted molar refractivity (Wildman–Crippen MR) is 85.7 cm³/mol. The molecular formula is C15H12BrFN2O2S. The van der Waals surface area contributed by atoms with E-state index in [1.165, 1.54) is 22.8 Å². The van der Waals surface area contributed by atoms with E-state index in [4.69, 9.17) is 0 Å². The zero-order valence-corrected chi connectivity index (χ0v) is 14.0. The van der Waals surface area contributed by atoms with E-state index in [-0.39, 0.29) is 10.9 Å². The van der Waals surface area contributed by atoms with Gasteiger partial charge in [-0.05, 0) is 35.9 Å². The first-order chi connectivity index (χ1) is 10.4. The summed E-state index contributed by atoms with van der Waals surface area (Å²) < 4.78 is 40.7. The highest BCUT2D eigenvalue weighted by Crippen LogP contribution is 2.22. The van der Waals surface area contributed by atoms with E-state index in [1.807, 2.05) is 0 Å². The second-order valence-electron chi connectivity index (χ2n) is 4.97. The Morgan fingerprint density at radius 1 is 1.18 bits per heavy atom. The molecule has 1 heterocycles. The average Bonchev–Trinajstić information content (AvgIpc) is 2.79. The molecule has 0 unspecified atom stereocenters. The number of nitrogens with zero attached hydrogens (tertiary/aromatic N) is 2. The number of hydrogen-bond acceptors (Lipinski definition) is 3. The fourth-order valence-corrected chi connectivity index (χ4v) is 4.06. The van der Waals surface area contributed by atoms with Crippen LogP contribution in [-0.2, 0) is 22.6 Å². The number of hydrogen-bond donors (Lipinski definition) is 0. The summed E-state index contributed by atoms with van der Waals surface area (Å²) in [6, 6.07) is 11.1. The molecule has 0 bridgehead atoms. The highest BCUT2D eigenvalue weighted by molar-refractivity contribution is 9.10. The SMILES string of the molecule is Cn1c(S(=O)(=O)Cc2ccc(Br)cc2)nc2ccc(F)cc21. The van der Waals surface area contributed by atoms with Gasteiger partial charge in [-0.25, -0.2) is 17.8 Å². The van der Waals surface area contributed by atoms with Gasteiger partial charge >= 0.3 is 0 Å². The van der Waals surface area contributed by atoms with Gasteiger partial charge in [0.05, 0.1) is 16.8 Å². The maximum absolute atomic E-state index is 13.3. The Kier molecular flexibility index (Phi) is 3.78. The first kappa shape index (κ1) is 15.2. The summed E-state index contributed by atoms with van der Waals surface area (Å²) in [6.45, 7) is 0. The van der Waals surface area contributed by atoms with Gasteiger partial charge in [0.2, 0.25) is 15.0 Å². The van der Waals surface area contributed by atoms with E-state index in [0.29, 0.717) is 16.6 Å².